The van der Waals surface area contributed by atoms with E-state index in [-0.39, 0.29) is 0 Å². The molecular formula is C13H19NO. The van der Waals surface area contributed by atoms with E-state index in [0.717, 1.165) is 6.54 Å². The molecule has 0 spiro atoms. The summed E-state index contributed by atoms with van der Waals surface area (Å²) in [5.74, 6) is 1.52. The minimum Gasteiger partial charge on any atom is -0.508 e. The molecule has 2 atom stereocenters. The summed E-state index contributed by atoms with van der Waals surface area (Å²) >= 11 is 0. The zero-order valence-corrected chi connectivity index (χ0v) is 9.02. The lowest BCUT2D eigenvalue weighted by Gasteiger charge is -2.31. The largest absolute Gasteiger partial charge is 0.508 e. The maximum Gasteiger partial charge on any atom is 0.115 e. The summed E-state index contributed by atoms with van der Waals surface area (Å²) in [6, 6.07) is 7.65. The molecule has 0 aromatic heterocycles. The molecule has 0 aliphatic heterocycles. The van der Waals surface area contributed by atoms with Gasteiger partial charge in [-0.05, 0) is 48.9 Å². The molecule has 0 radical (unpaired) electrons. The van der Waals surface area contributed by atoms with E-state index in [2.05, 4.69) is 6.07 Å². The van der Waals surface area contributed by atoms with Crippen molar-refractivity contribution in [1.82, 2.24) is 0 Å². The molecule has 1 saturated carbocycles. The summed E-state index contributed by atoms with van der Waals surface area (Å²) < 4.78 is 0. The van der Waals surface area contributed by atoms with Crippen molar-refractivity contribution in [2.75, 3.05) is 6.54 Å². The van der Waals surface area contributed by atoms with Crippen LogP contribution < -0.4 is 5.73 Å². The fourth-order valence-corrected chi connectivity index (χ4v) is 2.68. The number of phenolic OH excluding ortho intramolecular Hbond substituents is 1. The lowest BCUT2D eigenvalue weighted by atomic mass is 9.75. The first kappa shape index (κ1) is 10.5. The quantitative estimate of drug-likeness (QED) is 0.779. The van der Waals surface area contributed by atoms with Crippen molar-refractivity contribution in [2.24, 2.45) is 11.7 Å². The standard InChI is InChI=1S/C13H19NO/c14-9-11-4-1-2-7-13(11)10-5-3-6-12(15)8-10/h3,5-6,8,11,13,15H,1-2,4,7,9,14H2/t11-,13-/m1/s1. The van der Waals surface area contributed by atoms with Gasteiger partial charge >= 0.3 is 0 Å². The van der Waals surface area contributed by atoms with E-state index in [1.54, 1.807) is 6.07 Å². The van der Waals surface area contributed by atoms with Gasteiger partial charge in [0.2, 0.25) is 0 Å². The molecule has 15 heavy (non-hydrogen) atoms. The Bertz CT molecular complexity index is 324. The Kier molecular flexibility index (Phi) is 3.27. The molecule has 1 fully saturated rings. The van der Waals surface area contributed by atoms with Gasteiger partial charge in [0.25, 0.3) is 0 Å². The van der Waals surface area contributed by atoms with E-state index in [4.69, 9.17) is 5.73 Å². The van der Waals surface area contributed by atoms with Crippen molar-refractivity contribution in [3.8, 4) is 5.75 Å². The monoisotopic (exact) mass is 205 g/mol. The van der Waals surface area contributed by atoms with E-state index in [9.17, 15) is 5.11 Å². The average molecular weight is 205 g/mol. The molecule has 0 saturated heterocycles. The molecule has 1 aromatic carbocycles. The smallest absolute Gasteiger partial charge is 0.115 e. The highest BCUT2D eigenvalue weighted by molar-refractivity contribution is 5.30. The summed E-state index contributed by atoms with van der Waals surface area (Å²) in [6.07, 6.45) is 5.04. The van der Waals surface area contributed by atoms with Crippen LogP contribution in [0.3, 0.4) is 0 Å². The Hall–Kier alpha value is -1.02. The Morgan fingerprint density at radius 1 is 1.27 bits per heavy atom. The van der Waals surface area contributed by atoms with Crippen molar-refractivity contribution in [1.29, 1.82) is 0 Å². The zero-order valence-electron chi connectivity index (χ0n) is 9.02. The average Bonchev–Trinajstić information content (AvgIpc) is 2.29. The van der Waals surface area contributed by atoms with Gasteiger partial charge in [-0.25, -0.2) is 0 Å². The first-order chi connectivity index (χ1) is 7.31. The molecule has 0 unspecified atom stereocenters. The number of hydrogen-bond donors (Lipinski definition) is 2. The van der Waals surface area contributed by atoms with Crippen molar-refractivity contribution in [3.63, 3.8) is 0 Å². The number of phenols is 1. The summed E-state index contributed by atoms with van der Waals surface area (Å²) in [5, 5.41) is 9.47. The second kappa shape index (κ2) is 4.67. The van der Waals surface area contributed by atoms with Crippen molar-refractivity contribution in [2.45, 2.75) is 31.6 Å². The number of benzene rings is 1. The third-order valence-electron chi connectivity index (χ3n) is 3.51. The molecule has 0 heterocycles. The fraction of sp³-hybridized carbons (Fsp3) is 0.538. The maximum atomic E-state index is 9.47. The summed E-state index contributed by atoms with van der Waals surface area (Å²) in [7, 11) is 0. The second-order valence-corrected chi connectivity index (χ2v) is 4.48. The van der Waals surface area contributed by atoms with Crippen LogP contribution in [0, 0.1) is 5.92 Å². The first-order valence-electron chi connectivity index (χ1n) is 5.80. The van der Waals surface area contributed by atoms with Gasteiger partial charge in [-0.15, -0.1) is 0 Å². The SMILES string of the molecule is NC[C@H]1CCCC[C@@H]1c1cccc(O)c1. The first-order valence-corrected chi connectivity index (χ1v) is 5.80. The van der Waals surface area contributed by atoms with Crippen LogP contribution in [0.2, 0.25) is 0 Å². The van der Waals surface area contributed by atoms with E-state index < -0.39 is 0 Å². The number of nitrogens with two attached hydrogens (primary N) is 1. The Morgan fingerprint density at radius 2 is 2.07 bits per heavy atom. The topological polar surface area (TPSA) is 46.2 Å². The third-order valence-corrected chi connectivity index (χ3v) is 3.51. The van der Waals surface area contributed by atoms with E-state index in [1.165, 1.54) is 31.2 Å². The highest BCUT2D eigenvalue weighted by Gasteiger charge is 2.25. The summed E-state index contributed by atoms with van der Waals surface area (Å²) in [6.45, 7) is 0.764. The number of aromatic hydroxyl groups is 1. The van der Waals surface area contributed by atoms with Gasteiger partial charge in [0.1, 0.15) is 5.75 Å². The summed E-state index contributed by atoms with van der Waals surface area (Å²) in [4.78, 5) is 0. The van der Waals surface area contributed by atoms with Crippen LogP contribution >= 0.6 is 0 Å². The molecule has 2 rings (SSSR count). The van der Waals surface area contributed by atoms with Gasteiger partial charge in [-0.3, -0.25) is 0 Å². The molecule has 82 valence electrons. The molecule has 0 amide bonds. The van der Waals surface area contributed by atoms with E-state index >= 15 is 0 Å². The minimum absolute atomic E-state index is 0.369. The highest BCUT2D eigenvalue weighted by atomic mass is 16.3. The Morgan fingerprint density at radius 3 is 2.80 bits per heavy atom. The molecule has 0 bridgehead atoms. The van der Waals surface area contributed by atoms with Crippen LogP contribution in [0.1, 0.15) is 37.2 Å². The highest BCUT2D eigenvalue weighted by Crippen LogP contribution is 2.37. The summed E-state index contributed by atoms with van der Waals surface area (Å²) in [5.41, 5.74) is 7.06. The van der Waals surface area contributed by atoms with Crippen molar-refractivity contribution < 1.29 is 5.11 Å². The third kappa shape index (κ3) is 2.32. The van der Waals surface area contributed by atoms with Crippen LogP contribution in [0.15, 0.2) is 24.3 Å². The molecule has 3 N–H and O–H groups in total. The van der Waals surface area contributed by atoms with Gasteiger partial charge in [-0.2, -0.15) is 0 Å². The molecule has 1 aromatic rings. The van der Waals surface area contributed by atoms with Gasteiger partial charge in [0.05, 0.1) is 0 Å². The molecule has 1 aliphatic rings. The lowest BCUT2D eigenvalue weighted by molar-refractivity contribution is 0.313. The molecular weight excluding hydrogens is 186 g/mol. The number of rotatable bonds is 2. The molecule has 2 nitrogen and oxygen atoms in total. The van der Waals surface area contributed by atoms with Crippen LogP contribution in [0.4, 0.5) is 0 Å². The number of hydrogen-bond acceptors (Lipinski definition) is 2. The fourth-order valence-electron chi connectivity index (χ4n) is 2.68. The van der Waals surface area contributed by atoms with Crippen molar-refractivity contribution in [3.05, 3.63) is 29.8 Å². The minimum atomic E-state index is 0.369. The van der Waals surface area contributed by atoms with Crippen molar-refractivity contribution >= 4 is 0 Å². The normalized spacial score (nSPS) is 26.5. The van der Waals surface area contributed by atoms with Gasteiger partial charge in [0, 0.05) is 0 Å². The zero-order chi connectivity index (χ0) is 10.7. The molecule has 1 aliphatic carbocycles. The van der Waals surface area contributed by atoms with Crippen LogP contribution in [0.25, 0.3) is 0 Å². The predicted molar refractivity (Wildman–Crippen MR) is 61.9 cm³/mol. The van der Waals surface area contributed by atoms with E-state index in [1.807, 2.05) is 12.1 Å². The van der Waals surface area contributed by atoms with Gasteiger partial charge in [-0.1, -0.05) is 25.0 Å². The Labute approximate surface area is 91.1 Å². The van der Waals surface area contributed by atoms with Crippen LogP contribution in [0.5, 0.6) is 5.75 Å². The van der Waals surface area contributed by atoms with Crippen LogP contribution in [-0.2, 0) is 0 Å². The molecule has 2 heteroatoms. The maximum absolute atomic E-state index is 9.47. The Balaban J connectivity index is 2.20. The van der Waals surface area contributed by atoms with E-state index in [0.29, 0.717) is 17.6 Å². The van der Waals surface area contributed by atoms with Gasteiger partial charge < -0.3 is 10.8 Å². The predicted octanol–water partition coefficient (Wildman–Crippen LogP) is 2.62. The van der Waals surface area contributed by atoms with Crippen LogP contribution in [-0.4, -0.2) is 11.7 Å². The lowest BCUT2D eigenvalue weighted by Crippen LogP contribution is -2.25. The van der Waals surface area contributed by atoms with Gasteiger partial charge in [0.15, 0.2) is 0 Å². The second-order valence-electron chi connectivity index (χ2n) is 4.48.